The van der Waals surface area contributed by atoms with E-state index in [2.05, 4.69) is 5.32 Å². The van der Waals surface area contributed by atoms with Gasteiger partial charge in [-0.15, -0.1) is 0 Å². The van der Waals surface area contributed by atoms with Gasteiger partial charge in [0, 0.05) is 5.56 Å². The summed E-state index contributed by atoms with van der Waals surface area (Å²) in [4.78, 5) is 23.6. The lowest BCUT2D eigenvalue weighted by Crippen LogP contribution is -2.27. The number of nitrogens with one attached hydrogen (secondary N) is 1. The maximum Gasteiger partial charge on any atom is 0.352 e. The second-order valence-corrected chi connectivity index (χ2v) is 5.96. The number of hydrogen-bond donors (Lipinski definition) is 2. The SMILES string of the molecule is CC(C)COc1ccc(C(=O)NC(=Cc2ccccc2)C(=O)O)cc1. The van der Waals surface area contributed by atoms with Crippen LogP contribution in [0.2, 0.25) is 0 Å². The molecule has 1 amide bonds. The van der Waals surface area contributed by atoms with Crippen molar-refractivity contribution in [3.63, 3.8) is 0 Å². The molecule has 0 saturated heterocycles. The smallest absolute Gasteiger partial charge is 0.352 e. The zero-order valence-electron chi connectivity index (χ0n) is 14.2. The number of hydrogen-bond acceptors (Lipinski definition) is 3. The largest absolute Gasteiger partial charge is 0.493 e. The molecule has 0 aliphatic carbocycles. The lowest BCUT2D eigenvalue weighted by molar-refractivity contribution is -0.132. The van der Waals surface area contributed by atoms with Crippen LogP contribution in [0.5, 0.6) is 5.75 Å². The normalized spacial score (nSPS) is 11.2. The molecule has 0 spiro atoms. The highest BCUT2D eigenvalue weighted by molar-refractivity contribution is 6.02. The van der Waals surface area contributed by atoms with E-state index in [1.165, 1.54) is 6.08 Å². The van der Waals surface area contributed by atoms with E-state index in [1.807, 2.05) is 19.9 Å². The molecule has 0 fully saturated rings. The Labute approximate surface area is 146 Å². The van der Waals surface area contributed by atoms with Crippen LogP contribution in [-0.2, 0) is 4.79 Å². The Morgan fingerprint density at radius 1 is 1.08 bits per heavy atom. The number of ether oxygens (including phenoxy) is 1. The predicted molar refractivity (Wildman–Crippen MR) is 96.3 cm³/mol. The Hall–Kier alpha value is -3.08. The zero-order valence-corrected chi connectivity index (χ0v) is 14.2. The van der Waals surface area contributed by atoms with Gasteiger partial charge >= 0.3 is 5.97 Å². The van der Waals surface area contributed by atoms with Crippen LogP contribution < -0.4 is 10.1 Å². The van der Waals surface area contributed by atoms with Crippen molar-refractivity contribution < 1.29 is 19.4 Å². The Kier molecular flexibility index (Phi) is 6.34. The minimum Gasteiger partial charge on any atom is -0.493 e. The van der Waals surface area contributed by atoms with Crippen LogP contribution in [0.25, 0.3) is 6.08 Å². The summed E-state index contributed by atoms with van der Waals surface area (Å²) in [6.45, 7) is 4.69. The molecule has 0 atom stereocenters. The van der Waals surface area contributed by atoms with E-state index in [9.17, 15) is 14.7 Å². The standard InChI is InChI=1S/C20H21NO4/c1-14(2)13-25-17-10-8-16(9-11-17)19(22)21-18(20(23)24)12-15-6-4-3-5-7-15/h3-12,14H,13H2,1-2H3,(H,21,22)(H,23,24). The molecule has 5 heteroatoms. The van der Waals surface area contributed by atoms with Crippen molar-refractivity contribution >= 4 is 18.0 Å². The van der Waals surface area contributed by atoms with Crippen molar-refractivity contribution in [1.29, 1.82) is 0 Å². The molecule has 0 aromatic heterocycles. The molecule has 0 saturated carbocycles. The van der Waals surface area contributed by atoms with Crippen molar-refractivity contribution in [3.05, 3.63) is 71.4 Å². The second-order valence-electron chi connectivity index (χ2n) is 5.96. The Bertz CT molecular complexity index is 749. The van der Waals surface area contributed by atoms with Gasteiger partial charge in [-0.1, -0.05) is 44.2 Å². The van der Waals surface area contributed by atoms with Crippen LogP contribution >= 0.6 is 0 Å². The topological polar surface area (TPSA) is 75.6 Å². The Morgan fingerprint density at radius 3 is 2.28 bits per heavy atom. The molecule has 0 aliphatic rings. The third kappa shape index (κ3) is 5.80. The molecule has 2 aromatic rings. The van der Waals surface area contributed by atoms with Crippen molar-refractivity contribution in [1.82, 2.24) is 5.32 Å². The van der Waals surface area contributed by atoms with Gasteiger partial charge < -0.3 is 15.2 Å². The van der Waals surface area contributed by atoms with Gasteiger partial charge in [-0.2, -0.15) is 0 Å². The maximum absolute atomic E-state index is 12.3. The van der Waals surface area contributed by atoms with Gasteiger partial charge in [0.25, 0.3) is 5.91 Å². The second kappa shape index (κ2) is 8.68. The third-order valence-electron chi connectivity index (χ3n) is 3.29. The average molecular weight is 339 g/mol. The summed E-state index contributed by atoms with van der Waals surface area (Å²) < 4.78 is 5.56. The molecule has 2 rings (SSSR count). The van der Waals surface area contributed by atoms with Gasteiger partial charge in [-0.05, 0) is 41.8 Å². The quantitative estimate of drug-likeness (QED) is 0.756. The molecule has 130 valence electrons. The highest BCUT2D eigenvalue weighted by Gasteiger charge is 2.13. The Morgan fingerprint density at radius 2 is 1.72 bits per heavy atom. The number of rotatable bonds is 7. The first-order chi connectivity index (χ1) is 12.0. The van der Waals surface area contributed by atoms with E-state index < -0.39 is 11.9 Å². The summed E-state index contributed by atoms with van der Waals surface area (Å²) in [7, 11) is 0. The average Bonchev–Trinajstić information content (AvgIpc) is 2.60. The third-order valence-corrected chi connectivity index (χ3v) is 3.29. The summed E-state index contributed by atoms with van der Waals surface area (Å²) in [5, 5.41) is 11.7. The Balaban J connectivity index is 2.08. The number of amides is 1. The van der Waals surface area contributed by atoms with Crippen LogP contribution in [0, 0.1) is 5.92 Å². The first-order valence-corrected chi connectivity index (χ1v) is 8.00. The summed E-state index contributed by atoms with van der Waals surface area (Å²) in [6, 6.07) is 15.5. The number of carboxylic acid groups (broad SMARTS) is 1. The number of carbonyl (C=O) groups is 2. The number of carbonyl (C=O) groups excluding carboxylic acids is 1. The fourth-order valence-corrected chi connectivity index (χ4v) is 2.03. The van der Waals surface area contributed by atoms with E-state index in [-0.39, 0.29) is 5.70 Å². The number of benzene rings is 2. The summed E-state index contributed by atoms with van der Waals surface area (Å²) in [5.41, 5.74) is 0.867. The van der Waals surface area contributed by atoms with E-state index in [4.69, 9.17) is 4.74 Å². The maximum atomic E-state index is 12.3. The van der Waals surface area contributed by atoms with Gasteiger partial charge in [0.2, 0.25) is 0 Å². The molecule has 2 aromatic carbocycles. The van der Waals surface area contributed by atoms with E-state index in [1.54, 1.807) is 48.5 Å². The highest BCUT2D eigenvalue weighted by Crippen LogP contribution is 2.14. The van der Waals surface area contributed by atoms with Crippen molar-refractivity contribution in [3.8, 4) is 5.75 Å². The molecule has 0 radical (unpaired) electrons. The minimum absolute atomic E-state index is 0.184. The summed E-state index contributed by atoms with van der Waals surface area (Å²) in [6.07, 6.45) is 1.42. The molecule has 25 heavy (non-hydrogen) atoms. The molecule has 0 bridgehead atoms. The fourth-order valence-electron chi connectivity index (χ4n) is 2.03. The zero-order chi connectivity index (χ0) is 18.2. The number of aliphatic carboxylic acids is 1. The van der Waals surface area contributed by atoms with Crippen LogP contribution in [0.4, 0.5) is 0 Å². The molecule has 0 heterocycles. The van der Waals surface area contributed by atoms with Gasteiger partial charge in [0.05, 0.1) is 6.61 Å². The fraction of sp³-hybridized carbons (Fsp3) is 0.200. The summed E-state index contributed by atoms with van der Waals surface area (Å²) >= 11 is 0. The van der Waals surface area contributed by atoms with Crippen molar-refractivity contribution in [2.24, 2.45) is 5.92 Å². The van der Waals surface area contributed by atoms with Crippen molar-refractivity contribution in [2.45, 2.75) is 13.8 Å². The lowest BCUT2D eigenvalue weighted by atomic mass is 10.1. The highest BCUT2D eigenvalue weighted by atomic mass is 16.5. The molecule has 2 N–H and O–H groups in total. The van der Waals surface area contributed by atoms with E-state index >= 15 is 0 Å². The minimum atomic E-state index is -1.20. The predicted octanol–water partition coefficient (Wildman–Crippen LogP) is 3.58. The van der Waals surface area contributed by atoms with Gasteiger partial charge in [0.1, 0.15) is 11.4 Å². The van der Waals surface area contributed by atoms with Crippen LogP contribution in [0.3, 0.4) is 0 Å². The van der Waals surface area contributed by atoms with Gasteiger partial charge in [-0.3, -0.25) is 4.79 Å². The van der Waals surface area contributed by atoms with Gasteiger partial charge in [-0.25, -0.2) is 4.79 Å². The van der Waals surface area contributed by atoms with Crippen LogP contribution in [-0.4, -0.2) is 23.6 Å². The molecule has 0 aliphatic heterocycles. The summed E-state index contributed by atoms with van der Waals surface area (Å²) in [5.74, 6) is -0.609. The first-order valence-electron chi connectivity index (χ1n) is 8.00. The number of carboxylic acids is 1. The van der Waals surface area contributed by atoms with E-state index in [0.717, 1.165) is 0 Å². The molecule has 0 unspecified atom stereocenters. The molecule has 5 nitrogen and oxygen atoms in total. The van der Waals surface area contributed by atoms with Gasteiger partial charge in [0.15, 0.2) is 0 Å². The lowest BCUT2D eigenvalue weighted by Gasteiger charge is -2.10. The van der Waals surface area contributed by atoms with E-state index in [0.29, 0.717) is 29.4 Å². The molecular weight excluding hydrogens is 318 g/mol. The monoisotopic (exact) mass is 339 g/mol. The van der Waals surface area contributed by atoms with Crippen LogP contribution in [0.15, 0.2) is 60.3 Å². The first kappa shape index (κ1) is 18.3. The van der Waals surface area contributed by atoms with Crippen molar-refractivity contribution in [2.75, 3.05) is 6.61 Å². The molecular formula is C20H21NO4. The van der Waals surface area contributed by atoms with Crippen LogP contribution in [0.1, 0.15) is 29.8 Å².